The van der Waals surface area contributed by atoms with Crippen molar-refractivity contribution in [3.05, 3.63) is 161 Å². The molecule has 4 saturated carbocycles. The van der Waals surface area contributed by atoms with Crippen LogP contribution in [0.1, 0.15) is 116 Å². The van der Waals surface area contributed by atoms with Crippen molar-refractivity contribution in [2.45, 2.75) is 109 Å². The molecule has 0 spiro atoms. The number of alkyl halides is 6. The highest BCUT2D eigenvalue weighted by Crippen LogP contribution is 2.38. The highest BCUT2D eigenvalue weighted by Gasteiger charge is 2.36. The molecule has 452 valence electrons. The van der Waals surface area contributed by atoms with Crippen LogP contribution >= 0.6 is 58.0 Å². The van der Waals surface area contributed by atoms with Crippen LogP contribution in [0.5, 0.6) is 17.2 Å². The summed E-state index contributed by atoms with van der Waals surface area (Å²) < 4.78 is 93.7. The fraction of sp³-hybridized carbons (Fsp3) is 0.365. The lowest BCUT2D eigenvalue weighted by Gasteiger charge is -2.23. The van der Waals surface area contributed by atoms with E-state index in [0.717, 1.165) is 24.3 Å². The van der Waals surface area contributed by atoms with Gasteiger partial charge < -0.3 is 14.2 Å². The average Bonchev–Trinajstić information content (AvgIpc) is 2.80. The highest BCUT2D eigenvalue weighted by atomic mass is 35.5. The number of allylic oxidation sites excluding steroid dienone is 1. The Balaban J connectivity index is 0.000000184. The van der Waals surface area contributed by atoms with Crippen molar-refractivity contribution in [1.29, 1.82) is 0 Å². The van der Waals surface area contributed by atoms with E-state index in [1.807, 2.05) is 0 Å². The predicted molar refractivity (Wildman–Crippen MR) is 310 cm³/mol. The van der Waals surface area contributed by atoms with Gasteiger partial charge in [-0.1, -0.05) is 81.8 Å². The summed E-state index contributed by atoms with van der Waals surface area (Å²) in [6.07, 6.45) is -4.33. The van der Waals surface area contributed by atoms with E-state index in [2.05, 4.69) is 0 Å². The molecule has 0 bridgehead atoms. The van der Waals surface area contributed by atoms with Crippen LogP contribution in [0.25, 0.3) is 6.08 Å². The van der Waals surface area contributed by atoms with Crippen LogP contribution in [0.15, 0.2) is 103 Å². The fourth-order valence-electron chi connectivity index (χ4n) is 9.90. The lowest BCUT2D eigenvalue weighted by molar-refractivity contribution is -0.138. The fourth-order valence-corrected chi connectivity index (χ4v) is 11.0. The number of carbonyl (C=O) groups is 8. The molecule has 4 aliphatic rings. The normalized spacial score (nSPS) is 17.3. The Hall–Kier alpha value is -6.37. The van der Waals surface area contributed by atoms with Crippen LogP contribution < -0.4 is 14.2 Å². The molecule has 4 fully saturated rings. The van der Waals surface area contributed by atoms with E-state index < -0.39 is 29.4 Å². The first kappa shape index (κ1) is 67.8. The number of ether oxygens (including phenoxy) is 3. The first-order chi connectivity index (χ1) is 39.9. The Morgan fingerprint density at radius 3 is 1.24 bits per heavy atom. The molecule has 0 amide bonds. The molecule has 85 heavy (non-hydrogen) atoms. The Labute approximate surface area is 511 Å². The molecule has 0 aliphatic heterocycles. The molecule has 11 nitrogen and oxygen atoms in total. The molecule has 5 aromatic rings. The zero-order valence-corrected chi connectivity index (χ0v) is 49.7. The summed E-state index contributed by atoms with van der Waals surface area (Å²) in [7, 11) is 0. The minimum absolute atomic E-state index is 0.00587. The molecular weight excluding hydrogens is 1220 g/mol. The molecule has 9 rings (SSSR count). The zero-order valence-electron chi connectivity index (χ0n) is 45.9. The van der Waals surface area contributed by atoms with Crippen molar-refractivity contribution < 1.29 is 78.9 Å². The van der Waals surface area contributed by atoms with E-state index in [9.17, 15) is 64.7 Å². The SMILES string of the molecule is Cc1cc(C2CC(=O)C(=Cc3ccc(Cl)cc3)C(=O)C2)cc(C(F)(F)F)c1.Cc1cc(OCC2CC(=O)CC(=O)C2)cc(C(F)(F)F)c1.O=C1CC(=O)CC(CCOc2cc(Cl)cc(Cl)c2)C1.O=C1CC(=O)CC(COc2cc(Cl)cc(Cl)c2)C1. The number of rotatable bonds is 12. The second kappa shape index (κ2) is 30.8. The summed E-state index contributed by atoms with van der Waals surface area (Å²) in [5.41, 5.74) is 0.474. The van der Waals surface area contributed by atoms with Gasteiger partial charge in [-0.25, -0.2) is 0 Å². The van der Waals surface area contributed by atoms with Crippen molar-refractivity contribution in [3.8, 4) is 17.2 Å². The van der Waals surface area contributed by atoms with Gasteiger partial charge in [-0.3, -0.25) is 38.4 Å². The van der Waals surface area contributed by atoms with Crippen molar-refractivity contribution in [2.24, 2.45) is 17.8 Å². The molecule has 0 unspecified atom stereocenters. The molecule has 5 aromatic carbocycles. The van der Waals surface area contributed by atoms with E-state index >= 15 is 0 Å². The Morgan fingerprint density at radius 2 is 0.812 bits per heavy atom. The van der Waals surface area contributed by atoms with Gasteiger partial charge in [-0.05, 0) is 134 Å². The second-order valence-electron chi connectivity index (χ2n) is 21.3. The summed E-state index contributed by atoms with van der Waals surface area (Å²) in [5.74, 6) is -0.437. The van der Waals surface area contributed by atoms with Crippen LogP contribution in [0, 0.1) is 31.6 Å². The third-order valence-corrected chi connectivity index (χ3v) is 14.8. The number of benzene rings is 5. The third-order valence-electron chi connectivity index (χ3n) is 13.6. The summed E-state index contributed by atoms with van der Waals surface area (Å²) >= 11 is 29.2. The van der Waals surface area contributed by atoms with Gasteiger partial charge in [0.2, 0.25) is 0 Å². The van der Waals surface area contributed by atoms with Crippen molar-refractivity contribution >= 4 is 110 Å². The first-order valence-corrected chi connectivity index (χ1v) is 28.6. The molecule has 0 aromatic heterocycles. The monoisotopic (exact) mass is 1280 g/mol. The third kappa shape index (κ3) is 22.8. The number of Topliss-reactive ketones (excluding diaryl/α,β-unsaturated/α-hetero) is 8. The molecular formula is C63H57Cl5F6O11. The number of carbonyl (C=O) groups excluding carboxylic acids is 8. The van der Waals surface area contributed by atoms with Gasteiger partial charge in [0.25, 0.3) is 0 Å². The minimum Gasteiger partial charge on any atom is -0.493 e. The predicted octanol–water partition coefficient (Wildman–Crippen LogP) is 16.1. The molecule has 0 saturated heterocycles. The van der Waals surface area contributed by atoms with Gasteiger partial charge in [0.1, 0.15) is 51.9 Å². The van der Waals surface area contributed by atoms with E-state index in [4.69, 9.17) is 72.2 Å². The first-order valence-electron chi connectivity index (χ1n) is 26.7. The standard InChI is InChI=1S/C21H16ClF3O2.C15H15F3O3.C14H14Cl2O3.C13H12Cl2O3/c1-12-6-14(9-16(7-12)21(23,24)25)15-10-19(26)18(20(27)11-15)8-13-2-4-17(22)5-3-13;1-9-2-11(15(16,17)18)6-14(3-9)21-8-10-4-12(19)7-13(20)5-10;15-10-5-11(16)7-14(6-10)19-2-1-9-3-12(17)8-13(18)4-9;14-9-3-10(15)5-13(4-9)18-7-8-1-11(16)6-12(17)2-8/h2-9,15H,10-11H2,1H3;2-3,6,10H,4-5,7-8H2,1H3;5-7,9H,1-4,8H2;3-5,8H,1-2,6-7H2. The number of aryl methyl sites for hydroxylation is 2. The topological polar surface area (TPSA) is 164 Å². The van der Waals surface area contributed by atoms with Crippen LogP contribution in [-0.2, 0) is 50.7 Å². The highest BCUT2D eigenvalue weighted by molar-refractivity contribution is 6.35. The number of hydrogen-bond acceptors (Lipinski definition) is 11. The summed E-state index contributed by atoms with van der Waals surface area (Å²) in [6.45, 7) is 3.96. The van der Waals surface area contributed by atoms with Crippen LogP contribution in [0.4, 0.5) is 26.3 Å². The maximum Gasteiger partial charge on any atom is 0.416 e. The Kier molecular flexibility index (Phi) is 24.6. The quantitative estimate of drug-likeness (QED) is 0.0505. The maximum atomic E-state index is 13.0. The van der Waals surface area contributed by atoms with E-state index in [1.54, 1.807) is 80.6 Å². The van der Waals surface area contributed by atoms with Crippen molar-refractivity contribution in [2.75, 3.05) is 19.8 Å². The van der Waals surface area contributed by atoms with Crippen LogP contribution in [0.2, 0.25) is 25.1 Å². The van der Waals surface area contributed by atoms with E-state index in [1.165, 1.54) is 12.1 Å². The Morgan fingerprint density at radius 1 is 0.435 bits per heavy atom. The van der Waals surface area contributed by atoms with E-state index in [-0.39, 0.29) is 127 Å². The van der Waals surface area contributed by atoms with E-state index in [0.29, 0.717) is 104 Å². The minimum atomic E-state index is -4.47. The zero-order chi connectivity index (χ0) is 62.3. The lowest BCUT2D eigenvalue weighted by atomic mass is 9.79. The Bertz CT molecular complexity index is 3230. The summed E-state index contributed by atoms with van der Waals surface area (Å²) in [4.78, 5) is 92.8. The summed E-state index contributed by atoms with van der Waals surface area (Å²) in [5, 5.41) is 2.57. The summed E-state index contributed by atoms with van der Waals surface area (Å²) in [6, 6.07) is 23.8. The molecule has 0 radical (unpaired) electrons. The van der Waals surface area contributed by atoms with Crippen LogP contribution in [0.3, 0.4) is 0 Å². The number of ketones is 8. The van der Waals surface area contributed by atoms with Crippen LogP contribution in [-0.4, -0.2) is 66.1 Å². The molecule has 4 aliphatic carbocycles. The van der Waals surface area contributed by atoms with Gasteiger partial charge >= 0.3 is 12.4 Å². The largest absolute Gasteiger partial charge is 0.493 e. The van der Waals surface area contributed by atoms with Gasteiger partial charge in [-0.15, -0.1) is 0 Å². The van der Waals surface area contributed by atoms with Gasteiger partial charge in [0.05, 0.1) is 55.8 Å². The van der Waals surface area contributed by atoms with Crippen molar-refractivity contribution in [1.82, 2.24) is 0 Å². The van der Waals surface area contributed by atoms with Crippen molar-refractivity contribution in [3.63, 3.8) is 0 Å². The molecule has 0 heterocycles. The number of hydrogen-bond donors (Lipinski definition) is 0. The number of halogens is 11. The lowest BCUT2D eigenvalue weighted by Crippen LogP contribution is -2.26. The maximum absolute atomic E-state index is 13.0. The average molecular weight is 1280 g/mol. The van der Waals surface area contributed by atoms with Gasteiger partial charge in [0, 0.05) is 88.3 Å². The molecule has 0 N–H and O–H groups in total. The van der Waals surface area contributed by atoms with Gasteiger partial charge in [0.15, 0.2) is 11.6 Å². The van der Waals surface area contributed by atoms with Gasteiger partial charge in [-0.2, -0.15) is 26.3 Å². The smallest absolute Gasteiger partial charge is 0.416 e. The second-order valence-corrected chi connectivity index (χ2v) is 23.5. The molecule has 0 atom stereocenters. The molecule has 22 heteroatoms.